The molecule has 1 aromatic heterocycles. The van der Waals surface area contributed by atoms with Gasteiger partial charge in [-0.3, -0.25) is 0 Å². The molecule has 0 saturated heterocycles. The molecule has 0 aliphatic heterocycles. The maximum atomic E-state index is 5.69. The maximum absolute atomic E-state index is 5.69. The highest BCUT2D eigenvalue weighted by molar-refractivity contribution is 5.48. The molecular weight excluding hydrogens is 240 g/mol. The molecule has 0 saturated carbocycles. The molecule has 2 rings (SSSR count). The molecule has 0 radical (unpaired) electrons. The molecule has 0 spiro atoms. The molecule has 5 nitrogen and oxygen atoms in total. The molecule has 0 bridgehead atoms. The Balaban J connectivity index is 1.84. The molecule has 19 heavy (non-hydrogen) atoms. The molecule has 0 fully saturated rings. The SMILES string of the molecule is CN(C)CCOc1cccc(NCc2ncc[nH]2)c1. The number of hydrogen-bond donors (Lipinski definition) is 2. The standard InChI is InChI=1S/C14H20N4O/c1-18(2)8-9-19-13-5-3-4-12(10-13)17-11-14-15-6-7-16-14/h3-7,10,17H,8-9,11H2,1-2H3,(H,15,16). The summed E-state index contributed by atoms with van der Waals surface area (Å²) in [5.74, 6) is 1.80. The Hall–Kier alpha value is -2.01. The zero-order chi connectivity index (χ0) is 13.5. The monoisotopic (exact) mass is 260 g/mol. The lowest BCUT2D eigenvalue weighted by Gasteiger charge is -2.12. The van der Waals surface area contributed by atoms with E-state index in [-0.39, 0.29) is 0 Å². The summed E-state index contributed by atoms with van der Waals surface area (Å²) in [7, 11) is 4.06. The van der Waals surface area contributed by atoms with Crippen molar-refractivity contribution < 1.29 is 4.74 Å². The van der Waals surface area contributed by atoms with Crippen LogP contribution in [0.1, 0.15) is 5.82 Å². The van der Waals surface area contributed by atoms with E-state index in [2.05, 4.69) is 20.2 Å². The first-order valence-corrected chi connectivity index (χ1v) is 6.34. The summed E-state index contributed by atoms with van der Waals surface area (Å²) >= 11 is 0. The minimum atomic E-state index is 0.675. The Kier molecular flexibility index (Phi) is 4.80. The number of nitrogens with zero attached hydrogens (tertiary/aromatic N) is 2. The van der Waals surface area contributed by atoms with Gasteiger partial charge in [-0.1, -0.05) is 6.07 Å². The summed E-state index contributed by atoms with van der Waals surface area (Å²) in [5.41, 5.74) is 1.03. The minimum absolute atomic E-state index is 0.675. The molecule has 0 amide bonds. The number of likely N-dealkylation sites (N-methyl/N-ethyl adjacent to an activating group) is 1. The highest BCUT2D eigenvalue weighted by Gasteiger charge is 1.99. The maximum Gasteiger partial charge on any atom is 0.125 e. The molecule has 1 aromatic carbocycles. The highest BCUT2D eigenvalue weighted by atomic mass is 16.5. The highest BCUT2D eigenvalue weighted by Crippen LogP contribution is 2.17. The van der Waals surface area contributed by atoms with Gasteiger partial charge in [0.15, 0.2) is 0 Å². The fourth-order valence-corrected chi connectivity index (χ4v) is 1.62. The van der Waals surface area contributed by atoms with Gasteiger partial charge in [0.1, 0.15) is 18.2 Å². The van der Waals surface area contributed by atoms with Crippen LogP contribution in [-0.4, -0.2) is 42.1 Å². The van der Waals surface area contributed by atoms with Gasteiger partial charge < -0.3 is 19.9 Å². The zero-order valence-corrected chi connectivity index (χ0v) is 11.4. The Morgan fingerprint density at radius 1 is 1.37 bits per heavy atom. The van der Waals surface area contributed by atoms with E-state index >= 15 is 0 Å². The van der Waals surface area contributed by atoms with Crippen LogP contribution in [0.5, 0.6) is 5.75 Å². The van der Waals surface area contributed by atoms with E-state index in [4.69, 9.17) is 4.74 Å². The van der Waals surface area contributed by atoms with Gasteiger partial charge in [-0.2, -0.15) is 0 Å². The Morgan fingerprint density at radius 3 is 3.00 bits per heavy atom. The third kappa shape index (κ3) is 4.63. The van der Waals surface area contributed by atoms with E-state index in [0.717, 1.165) is 23.8 Å². The lowest BCUT2D eigenvalue weighted by molar-refractivity contribution is 0.261. The van der Waals surface area contributed by atoms with Crippen molar-refractivity contribution in [3.8, 4) is 5.75 Å². The van der Waals surface area contributed by atoms with E-state index in [1.165, 1.54) is 0 Å². The normalized spacial score (nSPS) is 10.7. The van der Waals surface area contributed by atoms with Gasteiger partial charge in [-0.05, 0) is 26.2 Å². The first kappa shape index (κ1) is 13.4. The predicted molar refractivity (Wildman–Crippen MR) is 76.4 cm³/mol. The number of rotatable bonds is 7. The Bertz CT molecular complexity index is 482. The van der Waals surface area contributed by atoms with E-state index < -0.39 is 0 Å². The lowest BCUT2D eigenvalue weighted by Crippen LogP contribution is -2.19. The van der Waals surface area contributed by atoms with Crippen LogP contribution in [0.4, 0.5) is 5.69 Å². The topological polar surface area (TPSA) is 53.2 Å². The smallest absolute Gasteiger partial charge is 0.125 e. The summed E-state index contributed by atoms with van der Waals surface area (Å²) in [6.45, 7) is 2.27. The third-order valence-electron chi connectivity index (χ3n) is 2.66. The van der Waals surface area contributed by atoms with E-state index in [1.807, 2.05) is 44.6 Å². The summed E-state index contributed by atoms with van der Waals surface area (Å²) in [6, 6.07) is 7.96. The number of benzene rings is 1. The summed E-state index contributed by atoms with van der Waals surface area (Å²) in [6.07, 6.45) is 3.57. The van der Waals surface area contributed by atoms with Crippen LogP contribution in [0, 0.1) is 0 Å². The second kappa shape index (κ2) is 6.80. The third-order valence-corrected chi connectivity index (χ3v) is 2.66. The molecule has 0 aliphatic carbocycles. The number of aromatic nitrogens is 2. The van der Waals surface area contributed by atoms with Crippen molar-refractivity contribution >= 4 is 5.69 Å². The second-order valence-electron chi connectivity index (χ2n) is 4.57. The van der Waals surface area contributed by atoms with Crippen LogP contribution < -0.4 is 10.1 Å². The number of H-pyrrole nitrogens is 1. The van der Waals surface area contributed by atoms with Crippen LogP contribution in [0.25, 0.3) is 0 Å². The number of nitrogens with one attached hydrogen (secondary N) is 2. The van der Waals surface area contributed by atoms with Gasteiger partial charge in [-0.15, -0.1) is 0 Å². The van der Waals surface area contributed by atoms with Gasteiger partial charge in [0.05, 0.1) is 6.54 Å². The first-order valence-electron chi connectivity index (χ1n) is 6.34. The van der Waals surface area contributed by atoms with Crippen molar-refractivity contribution in [3.63, 3.8) is 0 Å². The molecule has 102 valence electrons. The number of anilines is 1. The van der Waals surface area contributed by atoms with Crippen LogP contribution in [0.15, 0.2) is 36.7 Å². The average molecular weight is 260 g/mol. The molecule has 5 heteroatoms. The van der Waals surface area contributed by atoms with E-state index in [0.29, 0.717) is 13.2 Å². The molecule has 2 aromatic rings. The van der Waals surface area contributed by atoms with Crippen molar-refractivity contribution in [2.45, 2.75) is 6.54 Å². The van der Waals surface area contributed by atoms with E-state index in [1.54, 1.807) is 6.20 Å². The van der Waals surface area contributed by atoms with Gasteiger partial charge in [0.2, 0.25) is 0 Å². The van der Waals surface area contributed by atoms with Gasteiger partial charge in [0, 0.05) is 30.7 Å². The number of ether oxygens (including phenoxy) is 1. The molecule has 1 heterocycles. The summed E-state index contributed by atoms with van der Waals surface area (Å²) in [4.78, 5) is 9.32. The Labute approximate surface area is 113 Å². The molecular formula is C14H20N4O. The fraction of sp³-hybridized carbons (Fsp3) is 0.357. The molecule has 0 atom stereocenters. The summed E-state index contributed by atoms with van der Waals surface area (Å²) in [5, 5.41) is 3.30. The van der Waals surface area contributed by atoms with Crippen LogP contribution in [-0.2, 0) is 6.54 Å². The summed E-state index contributed by atoms with van der Waals surface area (Å²) < 4.78 is 5.69. The van der Waals surface area contributed by atoms with Crippen LogP contribution >= 0.6 is 0 Å². The van der Waals surface area contributed by atoms with Gasteiger partial charge in [0.25, 0.3) is 0 Å². The Morgan fingerprint density at radius 2 is 2.26 bits per heavy atom. The molecule has 2 N–H and O–H groups in total. The zero-order valence-electron chi connectivity index (χ0n) is 11.4. The van der Waals surface area contributed by atoms with Crippen molar-refractivity contribution in [3.05, 3.63) is 42.5 Å². The van der Waals surface area contributed by atoms with Crippen LogP contribution in [0.2, 0.25) is 0 Å². The van der Waals surface area contributed by atoms with Gasteiger partial charge in [-0.25, -0.2) is 4.98 Å². The fourth-order valence-electron chi connectivity index (χ4n) is 1.62. The van der Waals surface area contributed by atoms with Crippen LogP contribution in [0.3, 0.4) is 0 Å². The van der Waals surface area contributed by atoms with Crippen molar-refractivity contribution in [2.75, 3.05) is 32.6 Å². The quantitative estimate of drug-likeness (QED) is 0.799. The van der Waals surface area contributed by atoms with Gasteiger partial charge >= 0.3 is 0 Å². The van der Waals surface area contributed by atoms with Crippen molar-refractivity contribution in [1.82, 2.24) is 14.9 Å². The lowest BCUT2D eigenvalue weighted by atomic mass is 10.3. The van der Waals surface area contributed by atoms with Crippen molar-refractivity contribution in [2.24, 2.45) is 0 Å². The minimum Gasteiger partial charge on any atom is -0.492 e. The second-order valence-corrected chi connectivity index (χ2v) is 4.57. The molecule has 0 unspecified atom stereocenters. The van der Waals surface area contributed by atoms with E-state index in [9.17, 15) is 0 Å². The predicted octanol–water partition coefficient (Wildman–Crippen LogP) is 1.96. The number of aromatic amines is 1. The number of imidazole rings is 1. The first-order chi connectivity index (χ1) is 9.24. The molecule has 0 aliphatic rings. The number of hydrogen-bond acceptors (Lipinski definition) is 4. The largest absolute Gasteiger partial charge is 0.492 e. The average Bonchev–Trinajstić information content (AvgIpc) is 2.89. The van der Waals surface area contributed by atoms with Crippen molar-refractivity contribution in [1.29, 1.82) is 0 Å².